The molecule has 0 saturated heterocycles. The zero-order valence-corrected chi connectivity index (χ0v) is 16.9. The minimum Gasteiger partial charge on any atom is -0.482 e. The molecule has 0 N–H and O–H groups in total. The fourth-order valence-corrected chi connectivity index (χ4v) is 3.27. The van der Waals surface area contributed by atoms with E-state index in [1.807, 2.05) is 74.5 Å². The molecule has 0 radical (unpaired) electrons. The summed E-state index contributed by atoms with van der Waals surface area (Å²) in [6, 6.07) is 26.7. The summed E-state index contributed by atoms with van der Waals surface area (Å²) in [6.07, 6.45) is 0. The first-order chi connectivity index (χ1) is 14.5. The molecule has 4 aromatic rings. The normalized spacial score (nSPS) is 10.6. The molecule has 0 spiro atoms. The molecule has 0 fully saturated rings. The van der Waals surface area contributed by atoms with Crippen molar-refractivity contribution < 1.29 is 19.0 Å². The number of hydrogen-bond acceptors (Lipinski definition) is 4. The third kappa shape index (κ3) is 4.97. The highest BCUT2D eigenvalue weighted by Gasteiger charge is 2.08. The molecule has 0 atom stereocenters. The maximum absolute atomic E-state index is 12.1. The Hall–Kier alpha value is -3.79. The summed E-state index contributed by atoms with van der Waals surface area (Å²) >= 11 is 0. The van der Waals surface area contributed by atoms with Gasteiger partial charge in [0.2, 0.25) is 0 Å². The molecule has 0 amide bonds. The summed E-state index contributed by atoms with van der Waals surface area (Å²) in [6.45, 7) is 3.89. The number of ether oxygens (including phenoxy) is 3. The van der Waals surface area contributed by atoms with Gasteiger partial charge in [-0.25, -0.2) is 4.79 Å². The minimum absolute atomic E-state index is 0.176. The van der Waals surface area contributed by atoms with Gasteiger partial charge in [0.1, 0.15) is 23.0 Å². The molecular formula is C26H22O4. The van der Waals surface area contributed by atoms with Crippen molar-refractivity contribution in [3.63, 3.8) is 0 Å². The molecule has 150 valence electrons. The SMILES string of the molecule is Cc1cc(C)cc(Oc2ccc(OCC(=O)Oc3ccc4ccccc4c3)cc2)c1. The van der Waals surface area contributed by atoms with Crippen molar-refractivity contribution in [2.75, 3.05) is 6.61 Å². The van der Waals surface area contributed by atoms with Crippen LogP contribution in [-0.2, 0) is 4.79 Å². The van der Waals surface area contributed by atoms with Gasteiger partial charge in [0.25, 0.3) is 0 Å². The lowest BCUT2D eigenvalue weighted by Gasteiger charge is -2.10. The molecule has 4 nitrogen and oxygen atoms in total. The zero-order chi connectivity index (χ0) is 20.9. The average molecular weight is 398 g/mol. The Morgan fingerprint density at radius 3 is 2.03 bits per heavy atom. The topological polar surface area (TPSA) is 44.8 Å². The van der Waals surface area contributed by atoms with E-state index in [4.69, 9.17) is 14.2 Å². The number of carbonyl (C=O) groups is 1. The van der Waals surface area contributed by atoms with Crippen LogP contribution in [0.3, 0.4) is 0 Å². The van der Waals surface area contributed by atoms with Crippen molar-refractivity contribution in [2.45, 2.75) is 13.8 Å². The van der Waals surface area contributed by atoms with Crippen LogP contribution in [0.2, 0.25) is 0 Å². The van der Waals surface area contributed by atoms with Crippen molar-refractivity contribution in [2.24, 2.45) is 0 Å². The standard InChI is InChI=1S/C26H22O4/c1-18-13-19(2)15-25(14-18)29-23-11-9-22(10-12-23)28-17-26(27)30-24-8-7-20-5-3-4-6-21(20)16-24/h3-16H,17H2,1-2H3. The largest absolute Gasteiger partial charge is 0.482 e. The lowest BCUT2D eigenvalue weighted by molar-refractivity contribution is -0.136. The third-order valence-corrected chi connectivity index (χ3v) is 4.56. The molecule has 4 heteroatoms. The first-order valence-electron chi connectivity index (χ1n) is 9.74. The first-order valence-corrected chi connectivity index (χ1v) is 9.74. The molecule has 0 aromatic heterocycles. The second-order valence-corrected chi connectivity index (χ2v) is 7.17. The third-order valence-electron chi connectivity index (χ3n) is 4.56. The predicted molar refractivity (Wildman–Crippen MR) is 118 cm³/mol. The van der Waals surface area contributed by atoms with Crippen molar-refractivity contribution in [3.05, 3.63) is 96.1 Å². The number of aryl methyl sites for hydroxylation is 2. The smallest absolute Gasteiger partial charge is 0.349 e. The van der Waals surface area contributed by atoms with Gasteiger partial charge in [0.05, 0.1) is 0 Å². The molecule has 0 aliphatic carbocycles. The van der Waals surface area contributed by atoms with Crippen molar-refractivity contribution in [1.29, 1.82) is 0 Å². The van der Waals surface area contributed by atoms with Gasteiger partial charge in [-0.15, -0.1) is 0 Å². The zero-order valence-electron chi connectivity index (χ0n) is 16.9. The van der Waals surface area contributed by atoms with E-state index in [0.29, 0.717) is 17.2 Å². The van der Waals surface area contributed by atoms with E-state index < -0.39 is 5.97 Å². The number of carbonyl (C=O) groups excluding carboxylic acids is 1. The summed E-state index contributed by atoms with van der Waals surface area (Å²) in [7, 11) is 0. The van der Waals surface area contributed by atoms with E-state index in [0.717, 1.165) is 27.6 Å². The quantitative estimate of drug-likeness (QED) is 0.285. The summed E-state index contributed by atoms with van der Waals surface area (Å²) in [4.78, 5) is 12.1. The summed E-state index contributed by atoms with van der Waals surface area (Å²) in [5, 5.41) is 2.11. The summed E-state index contributed by atoms with van der Waals surface area (Å²) in [5.41, 5.74) is 2.30. The maximum atomic E-state index is 12.1. The van der Waals surface area contributed by atoms with Gasteiger partial charge in [-0.1, -0.05) is 36.4 Å². The molecule has 4 aromatic carbocycles. The minimum atomic E-state index is -0.458. The Labute approximate surface area is 175 Å². The lowest BCUT2D eigenvalue weighted by Crippen LogP contribution is -2.17. The van der Waals surface area contributed by atoms with Gasteiger partial charge < -0.3 is 14.2 Å². The van der Waals surface area contributed by atoms with Crippen LogP contribution >= 0.6 is 0 Å². The van der Waals surface area contributed by atoms with Crippen LogP contribution in [-0.4, -0.2) is 12.6 Å². The molecule has 4 rings (SSSR count). The Kier molecular flexibility index (Phi) is 5.66. The van der Waals surface area contributed by atoms with E-state index in [-0.39, 0.29) is 6.61 Å². The van der Waals surface area contributed by atoms with Crippen LogP contribution in [0.5, 0.6) is 23.0 Å². The fourth-order valence-electron chi connectivity index (χ4n) is 3.27. The van der Waals surface area contributed by atoms with Crippen LogP contribution in [0.1, 0.15) is 11.1 Å². The Bertz CT molecular complexity index is 1160. The molecule has 0 aliphatic rings. The van der Waals surface area contributed by atoms with Crippen LogP contribution in [0.15, 0.2) is 84.9 Å². The number of benzene rings is 4. The highest BCUT2D eigenvalue weighted by molar-refractivity contribution is 5.84. The van der Waals surface area contributed by atoms with Gasteiger partial charge in [-0.2, -0.15) is 0 Å². The van der Waals surface area contributed by atoms with E-state index >= 15 is 0 Å². The van der Waals surface area contributed by atoms with Crippen LogP contribution in [0.4, 0.5) is 0 Å². The number of hydrogen-bond donors (Lipinski definition) is 0. The van der Waals surface area contributed by atoms with Gasteiger partial charge in [-0.3, -0.25) is 0 Å². The predicted octanol–water partition coefficient (Wildman–Crippen LogP) is 6.23. The van der Waals surface area contributed by atoms with Crippen LogP contribution in [0, 0.1) is 13.8 Å². The number of rotatable bonds is 6. The van der Waals surface area contributed by atoms with Crippen molar-refractivity contribution >= 4 is 16.7 Å². The van der Waals surface area contributed by atoms with E-state index in [2.05, 4.69) is 6.07 Å². The Morgan fingerprint density at radius 2 is 1.30 bits per heavy atom. The molecule has 0 bridgehead atoms. The molecule has 30 heavy (non-hydrogen) atoms. The Morgan fingerprint density at radius 1 is 0.667 bits per heavy atom. The van der Waals surface area contributed by atoms with Crippen molar-refractivity contribution in [3.8, 4) is 23.0 Å². The van der Waals surface area contributed by atoms with Gasteiger partial charge >= 0.3 is 5.97 Å². The molecule has 0 unspecified atom stereocenters. The molecule has 0 heterocycles. The van der Waals surface area contributed by atoms with Crippen LogP contribution < -0.4 is 14.2 Å². The molecule has 0 aliphatic heterocycles. The lowest BCUT2D eigenvalue weighted by atomic mass is 10.1. The number of esters is 1. The van der Waals surface area contributed by atoms with Crippen molar-refractivity contribution in [1.82, 2.24) is 0 Å². The van der Waals surface area contributed by atoms with E-state index in [1.54, 1.807) is 18.2 Å². The maximum Gasteiger partial charge on any atom is 0.349 e. The van der Waals surface area contributed by atoms with E-state index in [9.17, 15) is 4.79 Å². The van der Waals surface area contributed by atoms with Crippen LogP contribution in [0.25, 0.3) is 10.8 Å². The highest BCUT2D eigenvalue weighted by Crippen LogP contribution is 2.26. The average Bonchev–Trinajstić information content (AvgIpc) is 2.72. The monoisotopic (exact) mass is 398 g/mol. The first kappa shape index (κ1) is 19.5. The van der Waals surface area contributed by atoms with E-state index in [1.165, 1.54) is 0 Å². The molecule has 0 saturated carbocycles. The van der Waals surface area contributed by atoms with Gasteiger partial charge in [0.15, 0.2) is 6.61 Å². The summed E-state index contributed by atoms with van der Waals surface area (Å²) < 4.78 is 16.8. The second-order valence-electron chi connectivity index (χ2n) is 7.17. The highest BCUT2D eigenvalue weighted by atomic mass is 16.6. The fraction of sp³-hybridized carbons (Fsp3) is 0.115. The second kappa shape index (κ2) is 8.70. The Balaban J connectivity index is 1.32. The number of fused-ring (bicyclic) bond motifs is 1. The van der Waals surface area contributed by atoms with Gasteiger partial charge in [-0.05, 0) is 84.3 Å². The molecular weight excluding hydrogens is 376 g/mol. The van der Waals surface area contributed by atoms with Gasteiger partial charge in [0, 0.05) is 0 Å². The summed E-state index contributed by atoms with van der Waals surface area (Å²) in [5.74, 6) is 2.10.